The van der Waals surface area contributed by atoms with Gasteiger partial charge in [0.05, 0.1) is 0 Å². The van der Waals surface area contributed by atoms with Crippen molar-refractivity contribution in [1.29, 1.82) is 0 Å². The number of hydrogen-bond donors (Lipinski definition) is 0. The number of benzene rings is 1. The van der Waals surface area contributed by atoms with Gasteiger partial charge in [0.1, 0.15) is 8.07 Å². The van der Waals surface area contributed by atoms with Crippen molar-refractivity contribution in [2.75, 3.05) is 0 Å². The van der Waals surface area contributed by atoms with Crippen LogP contribution >= 0.6 is 0 Å². The molecule has 1 rings (SSSR count). The molecule has 5 heteroatoms. The summed E-state index contributed by atoms with van der Waals surface area (Å²) in [4.78, 5) is 24.0. The second kappa shape index (κ2) is 9.85. The van der Waals surface area contributed by atoms with Crippen LogP contribution in [0.15, 0.2) is 43.0 Å². The van der Waals surface area contributed by atoms with Crippen LogP contribution in [0.5, 0.6) is 0 Å². The number of ether oxygens (including phenoxy) is 2. The average molecular weight is 359 g/mol. The summed E-state index contributed by atoms with van der Waals surface area (Å²) < 4.78 is 10.7. The largest absolute Gasteiger partial charge is 0.446 e. The molecule has 4 nitrogen and oxygen atoms in total. The van der Waals surface area contributed by atoms with Gasteiger partial charge < -0.3 is 9.47 Å². The molecule has 0 saturated carbocycles. The van der Waals surface area contributed by atoms with Crippen LogP contribution < -0.4 is 0 Å². The summed E-state index contributed by atoms with van der Waals surface area (Å²) in [6.07, 6.45) is 1.38. The van der Waals surface area contributed by atoms with Gasteiger partial charge in [-0.3, -0.25) is 4.79 Å². The first kappa shape index (κ1) is 20.7. The van der Waals surface area contributed by atoms with Crippen molar-refractivity contribution in [3.63, 3.8) is 0 Å². The number of carbonyl (C=O) groups is 2. The first-order valence-electron chi connectivity index (χ1n) is 8.29. The average Bonchev–Trinajstić information content (AvgIpc) is 2.54. The molecule has 0 aliphatic carbocycles. The summed E-state index contributed by atoms with van der Waals surface area (Å²) in [7, 11) is -1.59. The van der Waals surface area contributed by atoms with Gasteiger partial charge in [-0.15, -0.1) is 12.1 Å². The smallest absolute Gasteiger partial charge is 0.353 e. The van der Waals surface area contributed by atoms with Crippen LogP contribution in [0.25, 0.3) is 0 Å². The van der Waals surface area contributed by atoms with Crippen molar-refractivity contribution in [2.24, 2.45) is 0 Å². The summed E-state index contributed by atoms with van der Waals surface area (Å²) in [5.41, 5.74) is 3.80. The Morgan fingerprint density at radius 1 is 1.20 bits per heavy atom. The van der Waals surface area contributed by atoms with E-state index in [9.17, 15) is 9.59 Å². The minimum absolute atomic E-state index is 0.540. The van der Waals surface area contributed by atoms with Gasteiger partial charge in [-0.1, -0.05) is 62.0 Å². The van der Waals surface area contributed by atoms with Crippen molar-refractivity contribution >= 4 is 20.0 Å². The third-order valence-corrected chi connectivity index (χ3v) is 3.99. The lowest BCUT2D eigenvalue weighted by molar-refractivity contribution is -0.169. The number of allylic oxidation sites excluding steroid dienone is 1. The van der Waals surface area contributed by atoms with E-state index in [-0.39, 0.29) is 0 Å². The van der Waals surface area contributed by atoms with E-state index in [1.165, 1.54) is 6.92 Å². The molecule has 0 radical (unpaired) electrons. The predicted octanol–water partition coefficient (Wildman–Crippen LogP) is 4.05. The minimum atomic E-state index is -1.59. The Hall–Kier alpha value is -2.32. The standard InChI is InChI=1S/C20H26O4Si/c1-6-7-13-18(14-15-25(3,4)5)24-20(22)19(23-16(2)21)17-11-9-8-10-12-17/h6,8-12,18-19H,1,7,13H2,2-5H3/t18-,19+/m0/s1. The van der Waals surface area contributed by atoms with Crippen molar-refractivity contribution in [3.05, 3.63) is 48.6 Å². The summed E-state index contributed by atoms with van der Waals surface area (Å²) >= 11 is 0. The summed E-state index contributed by atoms with van der Waals surface area (Å²) in [6, 6.07) is 8.83. The molecule has 0 aliphatic heterocycles. The maximum Gasteiger partial charge on any atom is 0.353 e. The SMILES string of the molecule is C=CCC[C@@H](C#C[Si](C)(C)C)OC(=O)[C@H](OC(C)=O)c1ccccc1. The van der Waals surface area contributed by atoms with Crippen LogP contribution in [0.4, 0.5) is 0 Å². The second-order valence-electron chi connectivity index (χ2n) is 6.71. The number of esters is 2. The lowest BCUT2D eigenvalue weighted by atomic mass is 10.1. The number of carbonyl (C=O) groups excluding carboxylic acids is 2. The van der Waals surface area contributed by atoms with Crippen molar-refractivity contribution < 1.29 is 19.1 Å². The van der Waals surface area contributed by atoms with Gasteiger partial charge in [0.25, 0.3) is 0 Å². The van der Waals surface area contributed by atoms with Crippen molar-refractivity contribution in [3.8, 4) is 11.5 Å². The van der Waals surface area contributed by atoms with Gasteiger partial charge in [0, 0.05) is 12.5 Å². The monoisotopic (exact) mass is 358 g/mol. The van der Waals surface area contributed by atoms with Crippen LogP contribution in [-0.4, -0.2) is 26.1 Å². The van der Waals surface area contributed by atoms with E-state index in [0.29, 0.717) is 18.4 Å². The molecule has 1 aromatic carbocycles. The Morgan fingerprint density at radius 2 is 1.84 bits per heavy atom. The zero-order valence-corrected chi connectivity index (χ0v) is 16.4. The lowest BCUT2D eigenvalue weighted by Crippen LogP contribution is -2.26. The Bertz CT molecular complexity index is 650. The van der Waals surface area contributed by atoms with Crippen molar-refractivity contribution in [1.82, 2.24) is 0 Å². The van der Waals surface area contributed by atoms with Gasteiger partial charge in [-0.25, -0.2) is 4.79 Å². The Labute approximate surface area is 151 Å². The molecule has 0 heterocycles. The highest BCUT2D eigenvalue weighted by Crippen LogP contribution is 2.20. The topological polar surface area (TPSA) is 52.6 Å². The molecule has 25 heavy (non-hydrogen) atoms. The van der Waals surface area contributed by atoms with E-state index in [2.05, 4.69) is 37.7 Å². The molecule has 2 atom stereocenters. The molecule has 0 saturated heterocycles. The maximum absolute atomic E-state index is 12.6. The van der Waals surface area contributed by atoms with Crippen LogP contribution in [0, 0.1) is 11.5 Å². The fourth-order valence-corrected chi connectivity index (χ4v) is 2.57. The van der Waals surface area contributed by atoms with Gasteiger partial charge in [0.2, 0.25) is 6.10 Å². The van der Waals surface area contributed by atoms with Crippen LogP contribution in [-0.2, 0) is 19.1 Å². The van der Waals surface area contributed by atoms with E-state index in [1.54, 1.807) is 30.3 Å². The first-order valence-corrected chi connectivity index (χ1v) is 11.8. The van der Waals surface area contributed by atoms with E-state index in [1.807, 2.05) is 6.07 Å². The highest BCUT2D eigenvalue weighted by atomic mass is 28.3. The molecule has 0 aromatic heterocycles. The maximum atomic E-state index is 12.6. The van der Waals surface area contributed by atoms with Gasteiger partial charge >= 0.3 is 11.9 Å². The van der Waals surface area contributed by atoms with E-state index in [4.69, 9.17) is 9.47 Å². The first-order chi connectivity index (χ1) is 11.7. The highest BCUT2D eigenvalue weighted by Gasteiger charge is 2.27. The summed E-state index contributed by atoms with van der Waals surface area (Å²) in [5, 5.41) is 0. The van der Waals surface area contributed by atoms with Crippen LogP contribution in [0.3, 0.4) is 0 Å². The Kier molecular flexibility index (Phi) is 8.16. The molecule has 0 bridgehead atoms. The minimum Gasteiger partial charge on any atom is -0.446 e. The normalized spacial score (nSPS) is 13.0. The molecular weight excluding hydrogens is 332 g/mol. The molecule has 0 aliphatic rings. The van der Waals surface area contributed by atoms with Gasteiger partial charge in [0.15, 0.2) is 6.10 Å². The highest BCUT2D eigenvalue weighted by molar-refractivity contribution is 6.83. The molecule has 0 unspecified atom stereocenters. The van der Waals surface area contributed by atoms with E-state index in [0.717, 1.165) is 0 Å². The molecule has 134 valence electrons. The number of rotatable bonds is 7. The van der Waals surface area contributed by atoms with Crippen LogP contribution in [0.2, 0.25) is 19.6 Å². The zero-order valence-electron chi connectivity index (χ0n) is 15.4. The molecule has 0 N–H and O–H groups in total. The fraction of sp³-hybridized carbons (Fsp3) is 0.400. The van der Waals surface area contributed by atoms with Gasteiger partial charge in [-0.2, -0.15) is 0 Å². The molecular formula is C20H26O4Si. The van der Waals surface area contributed by atoms with Gasteiger partial charge in [-0.05, 0) is 12.8 Å². The molecule has 0 amide bonds. The molecule has 1 aromatic rings. The zero-order chi connectivity index (χ0) is 18.9. The second-order valence-corrected chi connectivity index (χ2v) is 11.5. The molecule has 0 spiro atoms. The number of hydrogen-bond acceptors (Lipinski definition) is 4. The molecule has 0 fully saturated rings. The van der Waals surface area contributed by atoms with Crippen LogP contribution in [0.1, 0.15) is 31.4 Å². The summed E-state index contributed by atoms with van der Waals surface area (Å²) in [5.74, 6) is 1.91. The third kappa shape index (κ3) is 8.36. The Balaban J connectivity index is 2.97. The van der Waals surface area contributed by atoms with E-state index >= 15 is 0 Å². The fourth-order valence-electron chi connectivity index (χ4n) is 1.97. The van der Waals surface area contributed by atoms with E-state index < -0.39 is 32.2 Å². The quantitative estimate of drug-likeness (QED) is 0.319. The Morgan fingerprint density at radius 3 is 2.36 bits per heavy atom. The predicted molar refractivity (Wildman–Crippen MR) is 101 cm³/mol. The summed E-state index contributed by atoms with van der Waals surface area (Å²) in [6.45, 7) is 11.3. The van der Waals surface area contributed by atoms with Crippen molar-refractivity contribution in [2.45, 2.75) is 51.6 Å². The third-order valence-electron chi connectivity index (χ3n) is 3.10. The lowest BCUT2D eigenvalue weighted by Gasteiger charge is -2.19.